The average molecular weight is 295 g/mol. The minimum absolute atomic E-state index is 0.299. The lowest BCUT2D eigenvalue weighted by Crippen LogP contribution is -2.16. The van der Waals surface area contributed by atoms with Crippen LogP contribution in [-0.4, -0.2) is 11.0 Å². The van der Waals surface area contributed by atoms with E-state index in [0.29, 0.717) is 23.4 Å². The summed E-state index contributed by atoms with van der Waals surface area (Å²) in [5.41, 5.74) is 0.0793. The maximum Gasteiger partial charge on any atom is 0.261 e. The van der Waals surface area contributed by atoms with Crippen molar-refractivity contribution in [3.8, 4) is 0 Å². The Labute approximate surface area is 119 Å². The Balaban J connectivity index is 2.22. The molecular formula is C15H12F3NO2. The van der Waals surface area contributed by atoms with E-state index in [2.05, 4.69) is 5.32 Å². The van der Waals surface area contributed by atoms with Crippen molar-refractivity contribution in [2.24, 2.45) is 0 Å². The van der Waals surface area contributed by atoms with Crippen LogP contribution in [0.3, 0.4) is 0 Å². The van der Waals surface area contributed by atoms with Crippen LogP contribution < -0.4 is 5.32 Å². The molecule has 0 saturated carbocycles. The summed E-state index contributed by atoms with van der Waals surface area (Å²) in [6, 6.07) is 6.98. The number of amides is 1. The van der Waals surface area contributed by atoms with Crippen LogP contribution in [0.25, 0.3) is 0 Å². The highest BCUT2D eigenvalue weighted by Gasteiger charge is 2.19. The van der Waals surface area contributed by atoms with E-state index < -0.39 is 35.0 Å². The van der Waals surface area contributed by atoms with Gasteiger partial charge in [0.05, 0.1) is 6.10 Å². The molecule has 0 saturated heterocycles. The van der Waals surface area contributed by atoms with Crippen LogP contribution in [0.15, 0.2) is 36.4 Å². The van der Waals surface area contributed by atoms with E-state index >= 15 is 0 Å². The predicted molar refractivity (Wildman–Crippen MR) is 71.3 cm³/mol. The van der Waals surface area contributed by atoms with E-state index in [1.165, 1.54) is 12.1 Å². The molecule has 2 rings (SSSR count). The molecule has 2 N–H and O–H groups in total. The van der Waals surface area contributed by atoms with Gasteiger partial charge >= 0.3 is 0 Å². The molecule has 2 aromatic rings. The molecule has 0 aliphatic heterocycles. The summed E-state index contributed by atoms with van der Waals surface area (Å²) in [7, 11) is 0. The van der Waals surface area contributed by atoms with Gasteiger partial charge in [0, 0.05) is 17.8 Å². The Hall–Kier alpha value is -2.34. The number of nitrogens with one attached hydrogen (secondary N) is 1. The molecule has 3 nitrogen and oxygen atoms in total. The zero-order chi connectivity index (χ0) is 15.6. The highest BCUT2D eigenvalue weighted by molar-refractivity contribution is 6.04. The molecule has 0 aromatic heterocycles. The molecule has 110 valence electrons. The van der Waals surface area contributed by atoms with E-state index in [-0.39, 0.29) is 0 Å². The van der Waals surface area contributed by atoms with Crippen LogP contribution >= 0.6 is 0 Å². The van der Waals surface area contributed by atoms with Crippen LogP contribution in [0.5, 0.6) is 0 Å². The van der Waals surface area contributed by atoms with Gasteiger partial charge < -0.3 is 10.4 Å². The Kier molecular flexibility index (Phi) is 4.28. The largest absolute Gasteiger partial charge is 0.389 e. The SMILES string of the molecule is CC(O)c1ccc(NC(=O)c2c(F)cc(F)cc2F)cc1. The molecule has 1 amide bonds. The van der Waals surface area contributed by atoms with Gasteiger partial charge in [0.2, 0.25) is 0 Å². The van der Waals surface area contributed by atoms with Gasteiger partial charge in [-0.05, 0) is 24.6 Å². The molecule has 0 heterocycles. The third-order valence-corrected chi connectivity index (χ3v) is 2.88. The number of aliphatic hydroxyl groups excluding tert-OH is 1. The van der Waals surface area contributed by atoms with Crippen LogP contribution in [0, 0.1) is 17.5 Å². The normalized spacial score (nSPS) is 12.0. The van der Waals surface area contributed by atoms with E-state index in [1.807, 2.05) is 0 Å². The van der Waals surface area contributed by atoms with Crippen molar-refractivity contribution in [3.63, 3.8) is 0 Å². The number of carbonyl (C=O) groups excluding carboxylic acids is 1. The summed E-state index contributed by atoms with van der Waals surface area (Å²) in [5.74, 6) is -4.66. The van der Waals surface area contributed by atoms with Crippen molar-refractivity contribution >= 4 is 11.6 Å². The smallest absolute Gasteiger partial charge is 0.261 e. The molecule has 1 unspecified atom stereocenters. The fraction of sp³-hybridized carbons (Fsp3) is 0.133. The number of carbonyl (C=O) groups is 1. The van der Waals surface area contributed by atoms with Gasteiger partial charge in [-0.15, -0.1) is 0 Å². The maximum atomic E-state index is 13.5. The minimum Gasteiger partial charge on any atom is -0.389 e. The van der Waals surface area contributed by atoms with E-state index in [4.69, 9.17) is 0 Å². The Morgan fingerprint density at radius 3 is 2.10 bits per heavy atom. The summed E-state index contributed by atoms with van der Waals surface area (Å²) < 4.78 is 39.7. The monoisotopic (exact) mass is 295 g/mol. The second kappa shape index (κ2) is 5.97. The second-order valence-electron chi connectivity index (χ2n) is 4.50. The zero-order valence-corrected chi connectivity index (χ0v) is 11.0. The lowest BCUT2D eigenvalue weighted by Gasteiger charge is -2.09. The summed E-state index contributed by atoms with van der Waals surface area (Å²) in [5, 5.41) is 11.7. The number of hydrogen-bond acceptors (Lipinski definition) is 2. The second-order valence-corrected chi connectivity index (χ2v) is 4.50. The summed E-state index contributed by atoms with van der Waals surface area (Å²) in [6.07, 6.45) is -0.665. The van der Waals surface area contributed by atoms with Gasteiger partial charge in [0.25, 0.3) is 5.91 Å². The topological polar surface area (TPSA) is 49.3 Å². The number of rotatable bonds is 3. The van der Waals surface area contributed by atoms with Crippen molar-refractivity contribution in [3.05, 3.63) is 65.0 Å². The van der Waals surface area contributed by atoms with Gasteiger partial charge in [-0.2, -0.15) is 0 Å². The molecule has 0 aliphatic carbocycles. The first-order valence-electron chi connectivity index (χ1n) is 6.12. The van der Waals surface area contributed by atoms with Gasteiger partial charge in [0.1, 0.15) is 23.0 Å². The van der Waals surface area contributed by atoms with Crippen molar-refractivity contribution in [2.45, 2.75) is 13.0 Å². The molecule has 0 bridgehead atoms. The molecule has 1 atom stereocenters. The molecule has 0 radical (unpaired) electrons. The number of halogens is 3. The van der Waals surface area contributed by atoms with Crippen molar-refractivity contribution in [1.29, 1.82) is 0 Å². The fourth-order valence-corrected chi connectivity index (χ4v) is 1.80. The number of anilines is 1. The van der Waals surface area contributed by atoms with Gasteiger partial charge in [-0.1, -0.05) is 12.1 Å². The number of benzene rings is 2. The predicted octanol–water partition coefficient (Wildman–Crippen LogP) is 3.41. The van der Waals surface area contributed by atoms with E-state index in [1.54, 1.807) is 19.1 Å². The summed E-state index contributed by atoms with van der Waals surface area (Å²) >= 11 is 0. The highest BCUT2D eigenvalue weighted by Crippen LogP contribution is 2.19. The van der Waals surface area contributed by atoms with Crippen LogP contribution in [0.1, 0.15) is 28.9 Å². The first-order valence-corrected chi connectivity index (χ1v) is 6.12. The quantitative estimate of drug-likeness (QED) is 0.911. The van der Waals surface area contributed by atoms with Crippen LogP contribution in [0.2, 0.25) is 0 Å². The van der Waals surface area contributed by atoms with Gasteiger partial charge in [0.15, 0.2) is 0 Å². The maximum absolute atomic E-state index is 13.5. The first kappa shape index (κ1) is 15.1. The fourth-order valence-electron chi connectivity index (χ4n) is 1.80. The average Bonchev–Trinajstić information content (AvgIpc) is 2.37. The first-order chi connectivity index (χ1) is 9.88. The van der Waals surface area contributed by atoms with Crippen LogP contribution in [0.4, 0.5) is 18.9 Å². The highest BCUT2D eigenvalue weighted by atomic mass is 19.1. The third kappa shape index (κ3) is 3.41. The Morgan fingerprint density at radius 2 is 1.62 bits per heavy atom. The Morgan fingerprint density at radius 1 is 1.10 bits per heavy atom. The third-order valence-electron chi connectivity index (χ3n) is 2.88. The molecule has 21 heavy (non-hydrogen) atoms. The zero-order valence-electron chi connectivity index (χ0n) is 11.0. The molecule has 0 spiro atoms. The number of aliphatic hydroxyl groups is 1. The van der Waals surface area contributed by atoms with E-state index in [0.717, 1.165) is 0 Å². The number of hydrogen-bond donors (Lipinski definition) is 2. The minimum atomic E-state index is -1.27. The standard InChI is InChI=1S/C15H12F3NO2/c1-8(20)9-2-4-11(5-3-9)19-15(21)14-12(17)6-10(16)7-13(14)18/h2-8,20H,1H3,(H,19,21). The summed E-state index contributed by atoms with van der Waals surface area (Å²) in [4.78, 5) is 11.8. The molecule has 0 fully saturated rings. The van der Waals surface area contributed by atoms with Gasteiger partial charge in [-0.3, -0.25) is 4.79 Å². The lowest BCUT2D eigenvalue weighted by atomic mass is 10.1. The molecule has 0 aliphatic rings. The Bertz CT molecular complexity index is 646. The molecular weight excluding hydrogens is 283 g/mol. The van der Waals surface area contributed by atoms with Crippen molar-refractivity contribution in [2.75, 3.05) is 5.32 Å². The van der Waals surface area contributed by atoms with Crippen molar-refractivity contribution < 1.29 is 23.1 Å². The van der Waals surface area contributed by atoms with Crippen LogP contribution in [-0.2, 0) is 0 Å². The molecule has 6 heteroatoms. The molecule has 2 aromatic carbocycles. The van der Waals surface area contributed by atoms with Gasteiger partial charge in [-0.25, -0.2) is 13.2 Å². The lowest BCUT2D eigenvalue weighted by molar-refractivity contribution is 0.101. The van der Waals surface area contributed by atoms with E-state index in [9.17, 15) is 23.1 Å². The van der Waals surface area contributed by atoms with Crippen molar-refractivity contribution in [1.82, 2.24) is 0 Å². The summed E-state index contributed by atoms with van der Waals surface area (Å²) in [6.45, 7) is 1.58.